The van der Waals surface area contributed by atoms with Crippen LogP contribution in [0, 0.1) is 11.8 Å². The SMILES string of the molecule is CCCCCCCCCC(CCCCCCCCOC)C(CCCCCCCCC)CCCCCCCCOC. The van der Waals surface area contributed by atoms with Gasteiger partial charge in [0.05, 0.1) is 0 Å². The topological polar surface area (TPSA) is 18.5 Å². The molecule has 0 bridgehead atoms. The Morgan fingerprint density at radius 2 is 0.525 bits per heavy atom. The molecule has 0 aromatic heterocycles. The van der Waals surface area contributed by atoms with E-state index in [1.54, 1.807) is 0 Å². The molecule has 0 aliphatic heterocycles. The van der Waals surface area contributed by atoms with E-state index in [0.29, 0.717) is 0 Å². The molecule has 40 heavy (non-hydrogen) atoms. The molecular weight excluding hydrogens is 488 g/mol. The second-order valence-corrected chi connectivity index (χ2v) is 13.1. The van der Waals surface area contributed by atoms with Gasteiger partial charge in [-0.15, -0.1) is 0 Å². The fraction of sp³-hybridized carbons (Fsp3) is 1.00. The van der Waals surface area contributed by atoms with Crippen molar-refractivity contribution in [1.82, 2.24) is 0 Å². The molecule has 0 aromatic carbocycles. The number of ether oxygens (including phenoxy) is 2. The molecule has 0 fully saturated rings. The second-order valence-electron chi connectivity index (χ2n) is 13.1. The Kier molecular flexibility index (Phi) is 35.0. The summed E-state index contributed by atoms with van der Waals surface area (Å²) in [6.07, 6.45) is 43.0. The summed E-state index contributed by atoms with van der Waals surface area (Å²) in [4.78, 5) is 0. The van der Waals surface area contributed by atoms with Gasteiger partial charge in [-0.1, -0.05) is 194 Å². The van der Waals surface area contributed by atoms with Crippen molar-refractivity contribution < 1.29 is 9.47 Å². The van der Waals surface area contributed by atoms with Gasteiger partial charge in [-0.25, -0.2) is 0 Å². The lowest BCUT2D eigenvalue weighted by Crippen LogP contribution is -2.16. The highest BCUT2D eigenvalue weighted by Crippen LogP contribution is 2.33. The predicted molar refractivity (Wildman–Crippen MR) is 181 cm³/mol. The summed E-state index contributed by atoms with van der Waals surface area (Å²) in [6.45, 7) is 6.54. The number of methoxy groups -OCH3 is 2. The van der Waals surface area contributed by atoms with Gasteiger partial charge in [0.2, 0.25) is 0 Å². The standard InChI is InChI=1S/C38H78O2/c1-5-7-9-11-13-19-25-31-37(33-27-21-15-17-23-29-35-39-3)38(32-26-20-14-12-10-8-6-2)34-28-22-16-18-24-30-36-40-4/h37-38H,5-36H2,1-4H3. The third-order valence-electron chi connectivity index (χ3n) is 9.37. The van der Waals surface area contributed by atoms with E-state index < -0.39 is 0 Å². The lowest BCUT2D eigenvalue weighted by Gasteiger charge is -2.28. The molecule has 0 N–H and O–H groups in total. The van der Waals surface area contributed by atoms with Crippen LogP contribution < -0.4 is 0 Å². The fourth-order valence-corrected chi connectivity index (χ4v) is 6.68. The van der Waals surface area contributed by atoms with E-state index in [-0.39, 0.29) is 0 Å². The zero-order valence-electron chi connectivity index (χ0n) is 28.6. The summed E-state index contributed by atoms with van der Waals surface area (Å²) >= 11 is 0. The summed E-state index contributed by atoms with van der Waals surface area (Å²) in [5.74, 6) is 1.98. The van der Waals surface area contributed by atoms with Crippen LogP contribution in [0.4, 0.5) is 0 Å². The van der Waals surface area contributed by atoms with Crippen molar-refractivity contribution in [2.24, 2.45) is 11.8 Å². The zero-order valence-corrected chi connectivity index (χ0v) is 28.6. The van der Waals surface area contributed by atoms with Gasteiger partial charge in [0.25, 0.3) is 0 Å². The van der Waals surface area contributed by atoms with Crippen LogP contribution in [-0.2, 0) is 9.47 Å². The molecule has 2 atom stereocenters. The number of hydrogen-bond acceptors (Lipinski definition) is 2. The average Bonchev–Trinajstić information content (AvgIpc) is 2.96. The molecule has 2 nitrogen and oxygen atoms in total. The number of unbranched alkanes of at least 4 members (excludes halogenated alkanes) is 22. The van der Waals surface area contributed by atoms with Crippen LogP contribution >= 0.6 is 0 Å². The average molecular weight is 567 g/mol. The molecule has 0 saturated heterocycles. The molecule has 0 aromatic rings. The highest BCUT2D eigenvalue weighted by Gasteiger charge is 2.20. The smallest absolute Gasteiger partial charge is 0.0462 e. The Hall–Kier alpha value is -0.0800. The fourth-order valence-electron chi connectivity index (χ4n) is 6.68. The minimum atomic E-state index is 0.938. The normalized spacial score (nSPS) is 13.2. The summed E-state index contributed by atoms with van der Waals surface area (Å²) in [5, 5.41) is 0. The van der Waals surface area contributed by atoms with E-state index in [9.17, 15) is 0 Å². The molecule has 0 aliphatic carbocycles. The number of hydrogen-bond donors (Lipinski definition) is 0. The molecule has 0 rings (SSSR count). The summed E-state index contributed by atoms with van der Waals surface area (Å²) in [7, 11) is 3.66. The van der Waals surface area contributed by atoms with Crippen molar-refractivity contribution in [2.45, 2.75) is 206 Å². The molecule has 0 radical (unpaired) electrons. The van der Waals surface area contributed by atoms with Gasteiger partial charge >= 0.3 is 0 Å². The van der Waals surface area contributed by atoms with Gasteiger partial charge in [-0.3, -0.25) is 0 Å². The third-order valence-corrected chi connectivity index (χ3v) is 9.37. The number of rotatable bonds is 35. The van der Waals surface area contributed by atoms with E-state index in [1.807, 2.05) is 14.2 Å². The van der Waals surface area contributed by atoms with E-state index in [0.717, 1.165) is 25.0 Å². The van der Waals surface area contributed by atoms with Gasteiger partial charge < -0.3 is 9.47 Å². The van der Waals surface area contributed by atoms with Gasteiger partial charge in [-0.05, 0) is 24.7 Å². The molecular formula is C38H78O2. The minimum absolute atomic E-state index is 0.938. The van der Waals surface area contributed by atoms with Crippen LogP contribution in [-0.4, -0.2) is 27.4 Å². The first-order valence-electron chi connectivity index (χ1n) is 18.8. The molecule has 2 heteroatoms. The Morgan fingerprint density at radius 3 is 0.775 bits per heavy atom. The first-order chi connectivity index (χ1) is 19.8. The molecule has 0 saturated carbocycles. The van der Waals surface area contributed by atoms with Gasteiger partial charge in [0.1, 0.15) is 0 Å². The largest absolute Gasteiger partial charge is 0.385 e. The lowest BCUT2D eigenvalue weighted by molar-refractivity contribution is 0.191. The van der Waals surface area contributed by atoms with E-state index in [2.05, 4.69) is 13.8 Å². The summed E-state index contributed by atoms with van der Waals surface area (Å²) in [6, 6.07) is 0. The first-order valence-corrected chi connectivity index (χ1v) is 18.8. The molecule has 0 aliphatic rings. The zero-order chi connectivity index (χ0) is 29.2. The molecule has 0 amide bonds. The Bertz CT molecular complexity index is 397. The monoisotopic (exact) mass is 567 g/mol. The van der Waals surface area contributed by atoms with Crippen molar-refractivity contribution in [1.29, 1.82) is 0 Å². The second kappa shape index (κ2) is 35.1. The third kappa shape index (κ3) is 29.4. The van der Waals surface area contributed by atoms with Gasteiger partial charge in [0, 0.05) is 27.4 Å². The van der Waals surface area contributed by atoms with Crippen LogP contribution in [0.1, 0.15) is 206 Å². The van der Waals surface area contributed by atoms with Crippen molar-refractivity contribution >= 4 is 0 Å². The minimum Gasteiger partial charge on any atom is -0.385 e. The van der Waals surface area contributed by atoms with Crippen molar-refractivity contribution in [3.8, 4) is 0 Å². The van der Waals surface area contributed by atoms with E-state index >= 15 is 0 Å². The van der Waals surface area contributed by atoms with E-state index in [1.165, 1.54) is 193 Å². The summed E-state index contributed by atoms with van der Waals surface area (Å²) in [5.41, 5.74) is 0. The Balaban J connectivity index is 4.72. The van der Waals surface area contributed by atoms with Crippen LogP contribution in [0.25, 0.3) is 0 Å². The van der Waals surface area contributed by atoms with Crippen LogP contribution in [0.3, 0.4) is 0 Å². The highest BCUT2D eigenvalue weighted by molar-refractivity contribution is 4.72. The Morgan fingerprint density at radius 1 is 0.300 bits per heavy atom. The Labute approximate surface area is 254 Å². The molecule has 242 valence electrons. The maximum atomic E-state index is 5.23. The maximum absolute atomic E-state index is 5.23. The molecule has 0 spiro atoms. The van der Waals surface area contributed by atoms with Gasteiger partial charge in [0.15, 0.2) is 0 Å². The molecule has 0 heterocycles. The van der Waals surface area contributed by atoms with Crippen molar-refractivity contribution in [2.75, 3.05) is 27.4 Å². The molecule has 2 unspecified atom stereocenters. The van der Waals surface area contributed by atoms with Crippen LogP contribution in [0.15, 0.2) is 0 Å². The maximum Gasteiger partial charge on any atom is 0.0462 e. The van der Waals surface area contributed by atoms with Crippen molar-refractivity contribution in [3.05, 3.63) is 0 Å². The van der Waals surface area contributed by atoms with Crippen LogP contribution in [0.2, 0.25) is 0 Å². The summed E-state index contributed by atoms with van der Waals surface area (Å²) < 4.78 is 10.5. The van der Waals surface area contributed by atoms with E-state index in [4.69, 9.17) is 9.47 Å². The lowest BCUT2D eigenvalue weighted by atomic mass is 9.78. The quantitative estimate of drug-likeness (QED) is 0.0710. The van der Waals surface area contributed by atoms with Crippen LogP contribution in [0.5, 0.6) is 0 Å². The predicted octanol–water partition coefficient (Wildman–Crippen LogP) is 13.3. The first kappa shape index (κ1) is 39.9. The highest BCUT2D eigenvalue weighted by atomic mass is 16.5. The van der Waals surface area contributed by atoms with Crippen molar-refractivity contribution in [3.63, 3.8) is 0 Å². The van der Waals surface area contributed by atoms with Gasteiger partial charge in [-0.2, -0.15) is 0 Å².